The number of hydrogen-bond acceptors (Lipinski definition) is 4. The summed E-state index contributed by atoms with van der Waals surface area (Å²) in [6.45, 7) is 0. The molecule has 20 heavy (non-hydrogen) atoms. The second-order valence-corrected chi connectivity index (χ2v) is 4.36. The molecular formula is C12H8ClF3O4. The molecule has 1 N–H and O–H groups in total. The Balaban J connectivity index is 2.62. The Morgan fingerprint density at radius 3 is 2.65 bits per heavy atom. The van der Waals surface area contributed by atoms with Gasteiger partial charge in [0.2, 0.25) is 5.76 Å². The molecule has 0 amide bonds. The van der Waals surface area contributed by atoms with Crippen LogP contribution in [0.25, 0.3) is 0 Å². The third kappa shape index (κ3) is 2.46. The van der Waals surface area contributed by atoms with Gasteiger partial charge in [-0.2, -0.15) is 13.2 Å². The highest BCUT2D eigenvalue weighted by Gasteiger charge is 2.46. The van der Waals surface area contributed by atoms with Crippen molar-refractivity contribution in [2.24, 2.45) is 0 Å². The van der Waals surface area contributed by atoms with Crippen LogP contribution in [-0.2, 0) is 9.53 Å². The van der Waals surface area contributed by atoms with Gasteiger partial charge in [0.1, 0.15) is 17.4 Å². The van der Waals surface area contributed by atoms with E-state index >= 15 is 0 Å². The highest BCUT2D eigenvalue weighted by Crippen LogP contribution is 2.44. The zero-order chi connectivity index (χ0) is 15.1. The van der Waals surface area contributed by atoms with Gasteiger partial charge in [0.05, 0.1) is 7.11 Å². The van der Waals surface area contributed by atoms with E-state index in [9.17, 15) is 23.1 Å². The molecule has 1 heterocycles. The van der Waals surface area contributed by atoms with Crippen molar-refractivity contribution in [3.05, 3.63) is 40.1 Å². The predicted molar refractivity (Wildman–Crippen MR) is 62.1 cm³/mol. The third-order valence-corrected chi connectivity index (χ3v) is 2.89. The molecule has 0 saturated carbocycles. The maximum Gasteiger partial charge on any atom is 0.450 e. The number of fused-ring (bicyclic) bond motifs is 1. The minimum Gasteiger partial charge on any atom is -0.465 e. The molecule has 8 heteroatoms. The summed E-state index contributed by atoms with van der Waals surface area (Å²) in [4.78, 5) is 11.5. The highest BCUT2D eigenvalue weighted by atomic mass is 35.5. The van der Waals surface area contributed by atoms with Crippen LogP contribution in [0.4, 0.5) is 13.2 Å². The predicted octanol–water partition coefficient (Wildman–Crippen LogP) is 2.76. The van der Waals surface area contributed by atoms with E-state index in [2.05, 4.69) is 4.74 Å². The molecule has 1 aliphatic rings. The van der Waals surface area contributed by atoms with E-state index in [4.69, 9.17) is 16.3 Å². The van der Waals surface area contributed by atoms with Gasteiger partial charge in [0.25, 0.3) is 0 Å². The van der Waals surface area contributed by atoms with E-state index in [0.717, 1.165) is 7.11 Å². The van der Waals surface area contributed by atoms with E-state index in [1.54, 1.807) is 0 Å². The summed E-state index contributed by atoms with van der Waals surface area (Å²) in [6.07, 6.45) is -6.77. The number of aliphatic hydroxyl groups excluding tert-OH is 1. The zero-order valence-electron chi connectivity index (χ0n) is 9.99. The molecule has 1 aromatic carbocycles. The lowest BCUT2D eigenvalue weighted by Crippen LogP contribution is -2.29. The lowest BCUT2D eigenvalue weighted by Gasteiger charge is -2.27. The number of methoxy groups -OCH3 is 1. The quantitative estimate of drug-likeness (QED) is 0.811. The number of ether oxygens (including phenoxy) is 2. The minimum absolute atomic E-state index is 0.0362. The molecule has 0 aromatic heterocycles. The summed E-state index contributed by atoms with van der Waals surface area (Å²) in [5, 5.41) is 10.2. The normalized spacial score (nSPS) is 18.4. The van der Waals surface area contributed by atoms with E-state index in [-0.39, 0.29) is 16.3 Å². The number of carbonyl (C=O) groups is 1. The summed E-state index contributed by atoms with van der Waals surface area (Å²) in [5.41, 5.74) is -1.04. The number of aliphatic hydroxyl groups is 1. The van der Waals surface area contributed by atoms with E-state index < -0.39 is 29.6 Å². The Morgan fingerprint density at radius 1 is 1.45 bits per heavy atom. The average molecular weight is 309 g/mol. The molecule has 0 aliphatic carbocycles. The lowest BCUT2D eigenvalue weighted by atomic mass is 9.97. The van der Waals surface area contributed by atoms with Gasteiger partial charge in [0, 0.05) is 10.6 Å². The van der Waals surface area contributed by atoms with Crippen molar-refractivity contribution < 1.29 is 32.5 Å². The Labute approximate surface area is 116 Å². The fraction of sp³-hybridized carbons (Fsp3) is 0.250. The second kappa shape index (κ2) is 4.99. The third-order valence-electron chi connectivity index (χ3n) is 2.66. The largest absolute Gasteiger partial charge is 0.465 e. The second-order valence-electron chi connectivity index (χ2n) is 3.92. The van der Waals surface area contributed by atoms with Crippen molar-refractivity contribution in [2.75, 3.05) is 7.11 Å². The summed E-state index contributed by atoms with van der Waals surface area (Å²) in [6, 6.07) is 3.71. The molecule has 1 unspecified atom stereocenters. The maximum atomic E-state index is 12.9. The first-order chi connectivity index (χ1) is 9.25. The molecule has 1 aromatic rings. The minimum atomic E-state index is -4.94. The number of hydrogen-bond donors (Lipinski definition) is 1. The summed E-state index contributed by atoms with van der Waals surface area (Å²) in [7, 11) is 0.906. The number of alkyl halides is 3. The Morgan fingerprint density at radius 2 is 2.10 bits per heavy atom. The van der Waals surface area contributed by atoms with Crippen LogP contribution in [-0.4, -0.2) is 24.4 Å². The number of allylic oxidation sites excluding steroid dienone is 1. The van der Waals surface area contributed by atoms with Gasteiger partial charge in [-0.15, -0.1) is 0 Å². The molecule has 0 saturated heterocycles. The molecule has 0 radical (unpaired) electrons. The van der Waals surface area contributed by atoms with Crippen LogP contribution in [0.15, 0.2) is 29.5 Å². The van der Waals surface area contributed by atoms with Crippen molar-refractivity contribution in [2.45, 2.75) is 12.3 Å². The van der Waals surface area contributed by atoms with Crippen LogP contribution in [0.2, 0.25) is 5.02 Å². The van der Waals surface area contributed by atoms with Crippen molar-refractivity contribution >= 4 is 17.6 Å². The van der Waals surface area contributed by atoms with Gasteiger partial charge in [-0.1, -0.05) is 11.6 Å². The van der Waals surface area contributed by atoms with Gasteiger partial charge >= 0.3 is 12.1 Å². The van der Waals surface area contributed by atoms with E-state index in [0.29, 0.717) is 0 Å². The number of rotatable bonds is 1. The number of benzene rings is 1. The van der Waals surface area contributed by atoms with Crippen molar-refractivity contribution in [1.29, 1.82) is 0 Å². The summed E-state index contributed by atoms with van der Waals surface area (Å²) in [5.74, 6) is -3.14. The zero-order valence-corrected chi connectivity index (χ0v) is 10.7. The first-order valence-corrected chi connectivity index (χ1v) is 5.68. The molecule has 1 aliphatic heterocycles. The molecule has 2 rings (SSSR count). The van der Waals surface area contributed by atoms with Crippen LogP contribution in [0.5, 0.6) is 5.75 Å². The fourth-order valence-electron chi connectivity index (χ4n) is 1.80. The number of halogens is 4. The first-order valence-electron chi connectivity index (χ1n) is 5.30. The molecule has 108 valence electrons. The Bertz CT molecular complexity index is 595. The fourth-order valence-corrected chi connectivity index (χ4v) is 1.98. The molecular weight excluding hydrogens is 301 g/mol. The van der Waals surface area contributed by atoms with Crippen LogP contribution >= 0.6 is 11.6 Å². The SMILES string of the molecule is COC(=O)C1=C(C(F)(F)F)Oc2ccc(Cl)cc2C1O. The lowest BCUT2D eigenvalue weighted by molar-refractivity contribution is -0.142. The average Bonchev–Trinajstić information content (AvgIpc) is 2.37. The maximum absolute atomic E-state index is 12.9. The van der Waals surface area contributed by atoms with Gasteiger partial charge in [-0.05, 0) is 18.2 Å². The standard InChI is InChI=1S/C12H8ClF3O4/c1-19-11(18)8-9(17)6-4-5(13)2-3-7(6)20-10(8)12(14,15)16/h2-4,9,17H,1H3. The van der Waals surface area contributed by atoms with Gasteiger partial charge in [-0.25, -0.2) is 4.79 Å². The smallest absolute Gasteiger partial charge is 0.450 e. The topological polar surface area (TPSA) is 55.8 Å². The molecule has 0 bridgehead atoms. The molecule has 4 nitrogen and oxygen atoms in total. The molecule has 0 fully saturated rings. The van der Waals surface area contributed by atoms with Gasteiger partial charge in [0.15, 0.2) is 0 Å². The van der Waals surface area contributed by atoms with Crippen LogP contribution in [0.1, 0.15) is 11.7 Å². The number of esters is 1. The summed E-state index contributed by atoms with van der Waals surface area (Å²) >= 11 is 5.71. The molecule has 0 spiro atoms. The van der Waals surface area contributed by atoms with Crippen molar-refractivity contribution in [1.82, 2.24) is 0 Å². The summed E-state index contributed by atoms with van der Waals surface area (Å²) < 4.78 is 47.7. The van der Waals surface area contributed by atoms with E-state index in [1.807, 2.05) is 0 Å². The Hall–Kier alpha value is -1.73. The Kier molecular flexibility index (Phi) is 3.66. The van der Waals surface area contributed by atoms with Crippen LogP contribution < -0.4 is 4.74 Å². The van der Waals surface area contributed by atoms with E-state index in [1.165, 1.54) is 18.2 Å². The molecule has 1 atom stereocenters. The monoisotopic (exact) mass is 308 g/mol. The first kappa shape index (κ1) is 14.7. The van der Waals surface area contributed by atoms with Crippen LogP contribution in [0.3, 0.4) is 0 Å². The van der Waals surface area contributed by atoms with Crippen molar-refractivity contribution in [3.63, 3.8) is 0 Å². The van der Waals surface area contributed by atoms with Gasteiger partial charge in [-0.3, -0.25) is 0 Å². The van der Waals surface area contributed by atoms with Gasteiger partial charge < -0.3 is 14.6 Å². The number of carbonyl (C=O) groups excluding carboxylic acids is 1. The van der Waals surface area contributed by atoms with Crippen LogP contribution in [0, 0.1) is 0 Å². The highest BCUT2D eigenvalue weighted by molar-refractivity contribution is 6.30. The van der Waals surface area contributed by atoms with Crippen molar-refractivity contribution in [3.8, 4) is 5.75 Å².